The van der Waals surface area contributed by atoms with E-state index in [1.54, 1.807) is 6.07 Å². The van der Waals surface area contributed by atoms with Gasteiger partial charge in [-0.3, -0.25) is 4.79 Å². The van der Waals surface area contributed by atoms with E-state index < -0.39 is 0 Å². The van der Waals surface area contributed by atoms with Crippen molar-refractivity contribution in [2.45, 2.75) is 52.9 Å². The first-order chi connectivity index (χ1) is 11.0. The maximum atomic E-state index is 12.3. The van der Waals surface area contributed by atoms with Crippen LogP contribution < -0.4 is 10.6 Å². The van der Waals surface area contributed by atoms with Crippen molar-refractivity contribution in [1.29, 1.82) is 0 Å². The van der Waals surface area contributed by atoms with E-state index in [4.69, 9.17) is 0 Å². The molecule has 23 heavy (non-hydrogen) atoms. The lowest BCUT2D eigenvalue weighted by Gasteiger charge is -2.13. The molecule has 2 rings (SSSR count). The summed E-state index contributed by atoms with van der Waals surface area (Å²) in [5.41, 5.74) is 1.90. The number of anilines is 1. The molecule has 1 heterocycles. The summed E-state index contributed by atoms with van der Waals surface area (Å²) in [6.07, 6.45) is 8.18. The minimum absolute atomic E-state index is 0.125. The minimum Gasteiger partial charge on any atom is -0.370 e. The number of hydrogen-bond acceptors (Lipinski definition) is 4. The van der Waals surface area contributed by atoms with Crippen molar-refractivity contribution in [3.05, 3.63) is 29.2 Å². The van der Waals surface area contributed by atoms with Gasteiger partial charge in [0.1, 0.15) is 17.3 Å². The standard InChI is InChI=1S/C18H28N4O/c1-13(2)12-20-17-11-16(21-14(3)22-17)18(23)19-10-9-15-7-5-4-6-8-15/h7,11,13H,4-6,8-10,12H2,1-3H3,(H,19,23)(H,20,21,22). The molecule has 1 aromatic heterocycles. The van der Waals surface area contributed by atoms with Crippen LogP contribution in [-0.2, 0) is 0 Å². The molecular weight excluding hydrogens is 288 g/mol. The normalized spacial score (nSPS) is 14.5. The number of nitrogens with zero attached hydrogens (tertiary/aromatic N) is 2. The summed E-state index contributed by atoms with van der Waals surface area (Å²) in [7, 11) is 0. The molecule has 126 valence electrons. The van der Waals surface area contributed by atoms with Crippen molar-refractivity contribution in [1.82, 2.24) is 15.3 Å². The first-order valence-corrected chi connectivity index (χ1v) is 8.60. The van der Waals surface area contributed by atoms with E-state index in [9.17, 15) is 4.79 Å². The van der Waals surface area contributed by atoms with Crippen LogP contribution in [-0.4, -0.2) is 29.0 Å². The molecule has 1 aliphatic rings. The average Bonchev–Trinajstić information content (AvgIpc) is 2.53. The summed E-state index contributed by atoms with van der Waals surface area (Å²) < 4.78 is 0. The number of hydrogen-bond donors (Lipinski definition) is 2. The highest BCUT2D eigenvalue weighted by molar-refractivity contribution is 5.92. The van der Waals surface area contributed by atoms with Crippen LogP contribution in [0.1, 0.15) is 62.3 Å². The molecule has 0 radical (unpaired) electrons. The molecule has 0 bridgehead atoms. The molecule has 5 heteroatoms. The van der Waals surface area contributed by atoms with Gasteiger partial charge in [0, 0.05) is 19.2 Å². The molecule has 5 nitrogen and oxygen atoms in total. The van der Waals surface area contributed by atoms with Crippen LogP contribution in [0.4, 0.5) is 5.82 Å². The molecule has 0 spiro atoms. The first-order valence-electron chi connectivity index (χ1n) is 8.60. The molecule has 0 saturated carbocycles. The second kappa shape index (κ2) is 8.65. The van der Waals surface area contributed by atoms with E-state index in [2.05, 4.69) is 40.5 Å². The summed E-state index contributed by atoms with van der Waals surface area (Å²) in [6, 6.07) is 1.73. The van der Waals surface area contributed by atoms with Crippen molar-refractivity contribution in [2.24, 2.45) is 5.92 Å². The Morgan fingerprint density at radius 1 is 1.30 bits per heavy atom. The first kappa shape index (κ1) is 17.4. The van der Waals surface area contributed by atoms with Gasteiger partial charge in [0.05, 0.1) is 0 Å². The predicted molar refractivity (Wildman–Crippen MR) is 93.6 cm³/mol. The highest BCUT2D eigenvalue weighted by Crippen LogP contribution is 2.19. The lowest BCUT2D eigenvalue weighted by molar-refractivity contribution is 0.0948. The molecule has 1 aliphatic carbocycles. The molecule has 0 aliphatic heterocycles. The summed E-state index contributed by atoms with van der Waals surface area (Å²) in [5.74, 6) is 1.72. The Morgan fingerprint density at radius 3 is 2.83 bits per heavy atom. The fourth-order valence-electron chi connectivity index (χ4n) is 2.64. The monoisotopic (exact) mass is 316 g/mol. The Bertz CT molecular complexity index is 566. The van der Waals surface area contributed by atoms with Crippen molar-refractivity contribution in [3.8, 4) is 0 Å². The number of nitrogens with one attached hydrogen (secondary N) is 2. The van der Waals surface area contributed by atoms with Gasteiger partial charge in [-0.1, -0.05) is 25.5 Å². The van der Waals surface area contributed by atoms with Crippen LogP contribution >= 0.6 is 0 Å². The quantitative estimate of drug-likeness (QED) is 0.756. The molecule has 0 saturated heterocycles. The van der Waals surface area contributed by atoms with E-state index in [0.717, 1.165) is 13.0 Å². The van der Waals surface area contributed by atoms with Crippen LogP contribution in [0.25, 0.3) is 0 Å². The summed E-state index contributed by atoms with van der Waals surface area (Å²) in [4.78, 5) is 20.9. The largest absolute Gasteiger partial charge is 0.370 e. The molecule has 0 fully saturated rings. The maximum absolute atomic E-state index is 12.3. The van der Waals surface area contributed by atoms with Crippen LogP contribution in [0.3, 0.4) is 0 Å². The number of rotatable bonds is 7. The maximum Gasteiger partial charge on any atom is 0.270 e. The van der Waals surface area contributed by atoms with Gasteiger partial charge in [0.25, 0.3) is 5.91 Å². The molecule has 0 atom stereocenters. The van der Waals surface area contributed by atoms with E-state index >= 15 is 0 Å². The highest BCUT2D eigenvalue weighted by atomic mass is 16.1. The molecule has 0 unspecified atom stereocenters. The van der Waals surface area contributed by atoms with Crippen LogP contribution in [0, 0.1) is 12.8 Å². The van der Waals surface area contributed by atoms with E-state index in [-0.39, 0.29) is 5.91 Å². The lowest BCUT2D eigenvalue weighted by atomic mass is 9.97. The van der Waals surface area contributed by atoms with Gasteiger partial charge in [-0.2, -0.15) is 0 Å². The van der Waals surface area contributed by atoms with Crippen molar-refractivity contribution >= 4 is 11.7 Å². The fourth-order valence-corrected chi connectivity index (χ4v) is 2.64. The molecule has 1 aromatic rings. The Hall–Kier alpha value is -1.91. The zero-order chi connectivity index (χ0) is 16.7. The Balaban J connectivity index is 1.89. The fraction of sp³-hybridized carbons (Fsp3) is 0.611. The number of carbonyl (C=O) groups excluding carboxylic acids is 1. The van der Waals surface area contributed by atoms with E-state index in [1.807, 2.05) is 6.92 Å². The van der Waals surface area contributed by atoms with Gasteiger partial charge < -0.3 is 10.6 Å². The SMILES string of the molecule is Cc1nc(NCC(C)C)cc(C(=O)NCCC2=CCCCC2)n1. The number of aromatic nitrogens is 2. The van der Waals surface area contributed by atoms with Gasteiger partial charge >= 0.3 is 0 Å². The van der Waals surface area contributed by atoms with Crippen LogP contribution in [0.5, 0.6) is 0 Å². The van der Waals surface area contributed by atoms with Gasteiger partial charge in [0.2, 0.25) is 0 Å². The predicted octanol–water partition coefficient (Wildman–Crippen LogP) is 3.47. The molecule has 1 amide bonds. The minimum atomic E-state index is -0.125. The highest BCUT2D eigenvalue weighted by Gasteiger charge is 2.11. The third-order valence-electron chi connectivity index (χ3n) is 3.88. The second-order valence-electron chi connectivity index (χ2n) is 6.57. The molecule has 2 N–H and O–H groups in total. The Kier molecular flexibility index (Phi) is 6.56. The number of allylic oxidation sites excluding steroid dienone is 1. The van der Waals surface area contributed by atoms with E-state index in [0.29, 0.717) is 29.8 Å². The van der Waals surface area contributed by atoms with Gasteiger partial charge in [-0.25, -0.2) is 9.97 Å². The summed E-state index contributed by atoms with van der Waals surface area (Å²) in [5, 5.41) is 6.22. The summed E-state index contributed by atoms with van der Waals surface area (Å²) in [6.45, 7) is 7.57. The van der Waals surface area contributed by atoms with Crippen LogP contribution in [0.15, 0.2) is 17.7 Å². The topological polar surface area (TPSA) is 66.9 Å². The zero-order valence-corrected chi connectivity index (χ0v) is 14.5. The number of aryl methyl sites for hydroxylation is 1. The summed E-state index contributed by atoms with van der Waals surface area (Å²) >= 11 is 0. The van der Waals surface area contributed by atoms with Crippen LogP contribution in [0.2, 0.25) is 0 Å². The van der Waals surface area contributed by atoms with Crippen molar-refractivity contribution in [3.63, 3.8) is 0 Å². The van der Waals surface area contributed by atoms with Gasteiger partial charge in [-0.05, 0) is 44.9 Å². The molecular formula is C18H28N4O. The zero-order valence-electron chi connectivity index (χ0n) is 14.5. The van der Waals surface area contributed by atoms with Crippen molar-refractivity contribution in [2.75, 3.05) is 18.4 Å². The smallest absolute Gasteiger partial charge is 0.270 e. The number of amides is 1. The average molecular weight is 316 g/mol. The third-order valence-corrected chi connectivity index (χ3v) is 3.88. The molecule has 0 aromatic carbocycles. The van der Waals surface area contributed by atoms with Gasteiger partial charge in [-0.15, -0.1) is 0 Å². The van der Waals surface area contributed by atoms with E-state index in [1.165, 1.54) is 31.3 Å². The second-order valence-corrected chi connectivity index (χ2v) is 6.57. The van der Waals surface area contributed by atoms with Crippen molar-refractivity contribution < 1.29 is 4.79 Å². The Morgan fingerprint density at radius 2 is 2.13 bits per heavy atom. The Labute approximate surface area is 139 Å². The third kappa shape index (κ3) is 6.00. The van der Waals surface area contributed by atoms with Gasteiger partial charge in [0.15, 0.2) is 0 Å². The number of carbonyl (C=O) groups is 1. The lowest BCUT2D eigenvalue weighted by Crippen LogP contribution is -2.26.